The van der Waals surface area contributed by atoms with Gasteiger partial charge >= 0.3 is 5.97 Å². The lowest BCUT2D eigenvalue weighted by molar-refractivity contribution is 0.0526. The molecule has 0 bridgehead atoms. The molecule has 31 heavy (non-hydrogen) atoms. The number of hydrogen-bond donors (Lipinski definition) is 0. The first-order chi connectivity index (χ1) is 14.9. The van der Waals surface area contributed by atoms with Crippen LogP contribution in [0.3, 0.4) is 0 Å². The number of para-hydroxylation sites is 1. The Morgan fingerprint density at radius 1 is 1.23 bits per heavy atom. The van der Waals surface area contributed by atoms with Crippen LogP contribution in [0, 0.1) is 5.82 Å². The van der Waals surface area contributed by atoms with E-state index in [-0.39, 0.29) is 23.1 Å². The quantitative estimate of drug-likeness (QED) is 0.587. The Morgan fingerprint density at radius 2 is 1.97 bits per heavy atom. The predicted molar refractivity (Wildman–Crippen MR) is 118 cm³/mol. The van der Waals surface area contributed by atoms with Crippen LogP contribution >= 0.6 is 0 Å². The van der Waals surface area contributed by atoms with Gasteiger partial charge in [-0.15, -0.1) is 0 Å². The van der Waals surface area contributed by atoms with E-state index in [4.69, 9.17) is 4.74 Å². The monoisotopic (exact) mass is 424 g/mol. The normalized spacial score (nSPS) is 16.3. The molecule has 4 rings (SSSR count). The molecule has 1 atom stereocenters. The fourth-order valence-corrected chi connectivity index (χ4v) is 3.91. The molecule has 1 aliphatic heterocycles. The van der Waals surface area contributed by atoms with E-state index in [9.17, 15) is 14.0 Å². The third-order valence-electron chi connectivity index (χ3n) is 5.65. The maximum Gasteiger partial charge on any atom is 0.338 e. The average molecular weight is 424 g/mol. The third-order valence-corrected chi connectivity index (χ3v) is 5.65. The summed E-state index contributed by atoms with van der Waals surface area (Å²) in [6.45, 7) is 3.41. The molecule has 162 valence electrons. The summed E-state index contributed by atoms with van der Waals surface area (Å²) < 4.78 is 21.0. The van der Waals surface area contributed by atoms with Crippen LogP contribution in [0.2, 0.25) is 0 Å². The standard InChI is InChI=1S/C23H25FN4O3/c1-4-31-22(30)15-8-10-16(11-9-15)28-21(29)18-6-5-7-19(24)20(18)25-23(28)27-13-12-17(14-27)26(2)3/h5-11,17H,4,12-14H2,1-3H3. The number of carbonyl (C=O) groups excluding carboxylic acids is 1. The summed E-state index contributed by atoms with van der Waals surface area (Å²) in [6.07, 6.45) is 0.917. The Morgan fingerprint density at radius 3 is 2.61 bits per heavy atom. The van der Waals surface area contributed by atoms with Gasteiger partial charge in [-0.25, -0.2) is 18.7 Å². The van der Waals surface area contributed by atoms with Gasteiger partial charge in [0.2, 0.25) is 5.95 Å². The molecule has 8 heteroatoms. The Labute approximate surface area is 179 Å². The summed E-state index contributed by atoms with van der Waals surface area (Å²) in [7, 11) is 4.03. The fraction of sp³-hybridized carbons (Fsp3) is 0.348. The molecule has 3 aromatic rings. The second kappa shape index (κ2) is 8.47. The number of rotatable bonds is 5. The van der Waals surface area contributed by atoms with E-state index in [1.807, 2.05) is 19.0 Å². The summed E-state index contributed by atoms with van der Waals surface area (Å²) in [5, 5.41) is 0.210. The second-order valence-electron chi connectivity index (χ2n) is 7.81. The molecule has 1 saturated heterocycles. The van der Waals surface area contributed by atoms with Gasteiger partial charge in [0.05, 0.1) is 23.2 Å². The van der Waals surface area contributed by atoms with Gasteiger partial charge in [0.1, 0.15) is 11.3 Å². The summed E-state index contributed by atoms with van der Waals surface area (Å²) in [5.41, 5.74) is 0.667. The molecule has 2 heterocycles. The molecule has 1 aromatic heterocycles. The number of aromatic nitrogens is 2. The molecule has 0 N–H and O–H groups in total. The molecule has 0 spiro atoms. The van der Waals surface area contributed by atoms with E-state index < -0.39 is 11.8 Å². The third kappa shape index (κ3) is 3.90. The van der Waals surface area contributed by atoms with Crippen molar-refractivity contribution in [1.82, 2.24) is 14.5 Å². The SMILES string of the molecule is CCOC(=O)c1ccc(-n2c(N3CCC(N(C)C)C3)nc3c(F)cccc3c2=O)cc1. The van der Waals surface area contributed by atoms with Crippen molar-refractivity contribution < 1.29 is 13.9 Å². The van der Waals surface area contributed by atoms with E-state index in [1.54, 1.807) is 37.3 Å². The van der Waals surface area contributed by atoms with E-state index in [0.717, 1.165) is 6.42 Å². The maximum atomic E-state index is 14.5. The summed E-state index contributed by atoms with van der Waals surface area (Å²) >= 11 is 0. The molecule has 2 aromatic carbocycles. The number of halogens is 1. The summed E-state index contributed by atoms with van der Waals surface area (Å²) in [6, 6.07) is 11.3. The van der Waals surface area contributed by atoms with Gasteiger partial charge in [0.15, 0.2) is 0 Å². The number of hydrogen-bond acceptors (Lipinski definition) is 6. The molecule has 0 radical (unpaired) electrons. The zero-order chi connectivity index (χ0) is 22.1. The highest BCUT2D eigenvalue weighted by Crippen LogP contribution is 2.25. The van der Waals surface area contributed by atoms with E-state index in [0.29, 0.717) is 36.3 Å². The van der Waals surface area contributed by atoms with Crippen molar-refractivity contribution in [2.45, 2.75) is 19.4 Å². The Kier molecular flexibility index (Phi) is 5.73. The minimum atomic E-state index is -0.524. The Bertz CT molecular complexity index is 1170. The molecule has 0 saturated carbocycles. The van der Waals surface area contributed by atoms with Crippen molar-refractivity contribution in [3.05, 3.63) is 64.2 Å². The highest BCUT2D eigenvalue weighted by molar-refractivity contribution is 5.89. The fourth-order valence-electron chi connectivity index (χ4n) is 3.91. The van der Waals surface area contributed by atoms with Gasteiger partial charge in [-0.05, 0) is 63.8 Å². The van der Waals surface area contributed by atoms with Gasteiger partial charge in [-0.3, -0.25) is 4.79 Å². The summed E-state index contributed by atoms with van der Waals surface area (Å²) in [5.74, 6) is -0.548. The largest absolute Gasteiger partial charge is 0.462 e. The predicted octanol–water partition coefficient (Wildman–Crippen LogP) is 2.84. The van der Waals surface area contributed by atoms with Crippen LogP contribution in [0.15, 0.2) is 47.3 Å². The lowest BCUT2D eigenvalue weighted by Gasteiger charge is -2.24. The number of ether oxygens (including phenoxy) is 1. The zero-order valence-electron chi connectivity index (χ0n) is 17.8. The molecular formula is C23H25FN4O3. The molecule has 0 amide bonds. The number of fused-ring (bicyclic) bond motifs is 1. The Hall–Kier alpha value is -3.26. The smallest absolute Gasteiger partial charge is 0.338 e. The van der Waals surface area contributed by atoms with Crippen molar-refractivity contribution in [2.24, 2.45) is 0 Å². The van der Waals surface area contributed by atoms with Gasteiger partial charge < -0.3 is 14.5 Å². The molecule has 1 aliphatic rings. The van der Waals surface area contributed by atoms with Crippen LogP contribution in [0.5, 0.6) is 0 Å². The topological polar surface area (TPSA) is 67.7 Å². The maximum absolute atomic E-state index is 14.5. The minimum Gasteiger partial charge on any atom is -0.462 e. The van der Waals surface area contributed by atoms with Crippen LogP contribution in [0.25, 0.3) is 16.6 Å². The lowest BCUT2D eigenvalue weighted by Crippen LogP contribution is -2.35. The van der Waals surface area contributed by atoms with Crippen molar-refractivity contribution >= 4 is 22.8 Å². The van der Waals surface area contributed by atoms with Crippen LogP contribution in [0.4, 0.5) is 10.3 Å². The number of anilines is 1. The first-order valence-corrected chi connectivity index (χ1v) is 10.3. The van der Waals surface area contributed by atoms with Crippen molar-refractivity contribution in [1.29, 1.82) is 0 Å². The zero-order valence-corrected chi connectivity index (χ0v) is 17.8. The Balaban J connectivity index is 1.86. The number of benzene rings is 2. The summed E-state index contributed by atoms with van der Waals surface area (Å²) in [4.78, 5) is 34.1. The van der Waals surface area contributed by atoms with Crippen LogP contribution in [-0.2, 0) is 4.74 Å². The van der Waals surface area contributed by atoms with Crippen molar-refractivity contribution in [2.75, 3.05) is 38.7 Å². The highest BCUT2D eigenvalue weighted by Gasteiger charge is 2.28. The van der Waals surface area contributed by atoms with Gasteiger partial charge in [-0.1, -0.05) is 6.07 Å². The van der Waals surface area contributed by atoms with E-state index in [1.165, 1.54) is 16.7 Å². The molecule has 7 nitrogen and oxygen atoms in total. The van der Waals surface area contributed by atoms with E-state index in [2.05, 4.69) is 9.88 Å². The van der Waals surface area contributed by atoms with Gasteiger partial charge in [0.25, 0.3) is 5.56 Å². The minimum absolute atomic E-state index is 0.0650. The number of carbonyl (C=O) groups is 1. The van der Waals surface area contributed by atoms with Crippen LogP contribution < -0.4 is 10.5 Å². The van der Waals surface area contributed by atoms with Gasteiger partial charge in [-0.2, -0.15) is 0 Å². The molecule has 0 aliphatic carbocycles. The number of likely N-dealkylation sites (N-methyl/N-ethyl adjacent to an activating group) is 1. The number of nitrogens with zero attached hydrogens (tertiary/aromatic N) is 4. The van der Waals surface area contributed by atoms with Crippen LogP contribution in [0.1, 0.15) is 23.7 Å². The second-order valence-corrected chi connectivity index (χ2v) is 7.81. The highest BCUT2D eigenvalue weighted by atomic mass is 19.1. The van der Waals surface area contributed by atoms with Crippen molar-refractivity contribution in [3.63, 3.8) is 0 Å². The molecule has 1 fully saturated rings. The first-order valence-electron chi connectivity index (χ1n) is 10.3. The average Bonchev–Trinajstić information content (AvgIpc) is 3.25. The van der Waals surface area contributed by atoms with E-state index >= 15 is 0 Å². The van der Waals surface area contributed by atoms with Gasteiger partial charge in [0, 0.05) is 19.1 Å². The van der Waals surface area contributed by atoms with Crippen molar-refractivity contribution in [3.8, 4) is 5.69 Å². The molecule has 1 unspecified atom stereocenters. The van der Waals surface area contributed by atoms with Crippen LogP contribution in [-0.4, -0.2) is 60.3 Å². The first kappa shape index (κ1) is 21.0. The lowest BCUT2D eigenvalue weighted by atomic mass is 10.2. The number of esters is 1. The molecular weight excluding hydrogens is 399 g/mol.